The van der Waals surface area contributed by atoms with Crippen molar-refractivity contribution in [2.45, 2.75) is 75.9 Å². The average Bonchev–Trinajstić information content (AvgIpc) is 3.14. The molecule has 1 saturated heterocycles. The molecule has 2 atom stereocenters. The molecule has 1 spiro atoms. The fourth-order valence-electron chi connectivity index (χ4n) is 3.83. The van der Waals surface area contributed by atoms with Crippen molar-refractivity contribution < 1.29 is 9.84 Å². The fourth-order valence-corrected chi connectivity index (χ4v) is 3.83. The van der Waals surface area contributed by atoms with E-state index in [2.05, 4.69) is 0 Å². The molecular weight excluding hydrogens is 212 g/mol. The molecule has 1 aliphatic heterocycles. The number of aliphatic hydroxyl groups is 1. The normalized spacial score (nSPS) is 34.8. The minimum absolute atomic E-state index is 0.0507. The summed E-state index contributed by atoms with van der Waals surface area (Å²) in [6, 6.07) is 0. The standard InChI is InChI=1S/C15H26O2/c16-14(10-12-4-5-12)13-6-9-17-15(11-13)7-2-1-3-8-15/h12-14,16H,1-11H2. The molecular formula is C15H26O2. The van der Waals surface area contributed by atoms with E-state index in [-0.39, 0.29) is 11.7 Å². The van der Waals surface area contributed by atoms with Crippen molar-refractivity contribution in [3.05, 3.63) is 0 Å². The van der Waals surface area contributed by atoms with Gasteiger partial charge in [0.1, 0.15) is 0 Å². The van der Waals surface area contributed by atoms with Crippen LogP contribution >= 0.6 is 0 Å². The molecule has 0 aromatic rings. The lowest BCUT2D eigenvalue weighted by Crippen LogP contribution is -2.44. The molecule has 0 aromatic carbocycles. The van der Waals surface area contributed by atoms with E-state index in [1.807, 2.05) is 0 Å². The third-order valence-electron chi connectivity index (χ3n) is 5.11. The van der Waals surface area contributed by atoms with E-state index in [0.717, 1.165) is 31.8 Å². The molecule has 0 bridgehead atoms. The lowest BCUT2D eigenvalue weighted by Gasteiger charge is -2.44. The minimum Gasteiger partial charge on any atom is -0.393 e. The van der Waals surface area contributed by atoms with Gasteiger partial charge in [-0.25, -0.2) is 0 Å². The molecule has 3 rings (SSSR count). The number of rotatable bonds is 3. The van der Waals surface area contributed by atoms with Gasteiger partial charge in [-0.05, 0) is 43.9 Å². The van der Waals surface area contributed by atoms with Gasteiger partial charge in [0.05, 0.1) is 11.7 Å². The molecule has 2 unspecified atom stereocenters. The first kappa shape index (κ1) is 12.0. The van der Waals surface area contributed by atoms with Crippen molar-refractivity contribution in [1.29, 1.82) is 0 Å². The lowest BCUT2D eigenvalue weighted by molar-refractivity contribution is -0.134. The highest BCUT2D eigenvalue weighted by molar-refractivity contribution is 4.92. The van der Waals surface area contributed by atoms with Crippen LogP contribution in [0.5, 0.6) is 0 Å². The monoisotopic (exact) mass is 238 g/mol. The molecule has 0 radical (unpaired) electrons. The molecule has 2 aliphatic carbocycles. The van der Waals surface area contributed by atoms with Crippen molar-refractivity contribution in [2.24, 2.45) is 11.8 Å². The van der Waals surface area contributed by atoms with Crippen molar-refractivity contribution >= 4 is 0 Å². The van der Waals surface area contributed by atoms with Gasteiger partial charge in [-0.3, -0.25) is 0 Å². The van der Waals surface area contributed by atoms with E-state index < -0.39 is 0 Å². The Bertz CT molecular complexity index is 248. The largest absolute Gasteiger partial charge is 0.393 e. The van der Waals surface area contributed by atoms with Crippen LogP contribution in [-0.4, -0.2) is 23.4 Å². The zero-order chi connectivity index (χ0) is 11.7. The van der Waals surface area contributed by atoms with Crippen LogP contribution in [0.3, 0.4) is 0 Å². The predicted octanol–water partition coefficient (Wildman–Crippen LogP) is 3.28. The third-order valence-corrected chi connectivity index (χ3v) is 5.11. The highest BCUT2D eigenvalue weighted by atomic mass is 16.5. The molecule has 2 heteroatoms. The van der Waals surface area contributed by atoms with Gasteiger partial charge in [0.2, 0.25) is 0 Å². The Labute approximate surface area is 105 Å². The molecule has 98 valence electrons. The molecule has 2 nitrogen and oxygen atoms in total. The van der Waals surface area contributed by atoms with E-state index in [1.54, 1.807) is 0 Å². The van der Waals surface area contributed by atoms with E-state index in [0.29, 0.717) is 5.92 Å². The Hall–Kier alpha value is -0.0800. The lowest BCUT2D eigenvalue weighted by atomic mass is 9.74. The minimum atomic E-state index is -0.0507. The zero-order valence-electron chi connectivity index (χ0n) is 10.9. The summed E-state index contributed by atoms with van der Waals surface area (Å²) in [4.78, 5) is 0. The summed E-state index contributed by atoms with van der Waals surface area (Å²) in [5, 5.41) is 10.3. The molecule has 17 heavy (non-hydrogen) atoms. The highest BCUT2D eigenvalue weighted by Gasteiger charge is 2.41. The maximum absolute atomic E-state index is 10.3. The first-order valence-corrected chi connectivity index (χ1v) is 7.59. The van der Waals surface area contributed by atoms with Gasteiger partial charge in [-0.1, -0.05) is 32.1 Å². The summed E-state index contributed by atoms with van der Waals surface area (Å²) in [6.45, 7) is 0.881. The summed E-state index contributed by atoms with van der Waals surface area (Å²) < 4.78 is 6.10. The van der Waals surface area contributed by atoms with Gasteiger partial charge >= 0.3 is 0 Å². The Morgan fingerprint density at radius 3 is 2.59 bits per heavy atom. The molecule has 2 saturated carbocycles. The van der Waals surface area contributed by atoms with Gasteiger partial charge in [0, 0.05) is 6.61 Å². The van der Waals surface area contributed by atoms with Crippen LogP contribution in [0, 0.1) is 11.8 Å². The van der Waals surface area contributed by atoms with E-state index in [1.165, 1.54) is 44.9 Å². The molecule has 3 fully saturated rings. The SMILES string of the molecule is OC(CC1CC1)C1CCOC2(CCCCC2)C1. The van der Waals surface area contributed by atoms with Crippen molar-refractivity contribution in [2.75, 3.05) is 6.61 Å². The second-order valence-corrected chi connectivity index (χ2v) is 6.59. The molecule has 1 heterocycles. The number of hydrogen-bond acceptors (Lipinski definition) is 2. The Balaban J connectivity index is 1.57. The summed E-state index contributed by atoms with van der Waals surface area (Å²) in [7, 11) is 0. The smallest absolute Gasteiger partial charge is 0.0686 e. The average molecular weight is 238 g/mol. The van der Waals surface area contributed by atoms with Crippen LogP contribution in [0.25, 0.3) is 0 Å². The van der Waals surface area contributed by atoms with Gasteiger partial charge < -0.3 is 9.84 Å². The van der Waals surface area contributed by atoms with Crippen molar-refractivity contribution in [3.8, 4) is 0 Å². The summed E-state index contributed by atoms with van der Waals surface area (Å²) >= 11 is 0. The molecule has 0 aromatic heterocycles. The Morgan fingerprint density at radius 2 is 1.88 bits per heavy atom. The first-order valence-electron chi connectivity index (χ1n) is 7.59. The van der Waals surface area contributed by atoms with Gasteiger partial charge in [-0.2, -0.15) is 0 Å². The second kappa shape index (κ2) is 4.89. The third kappa shape index (κ3) is 2.85. The Morgan fingerprint density at radius 1 is 1.12 bits per heavy atom. The summed E-state index contributed by atoms with van der Waals surface area (Å²) in [5.74, 6) is 1.36. The number of aliphatic hydroxyl groups excluding tert-OH is 1. The van der Waals surface area contributed by atoms with Crippen LogP contribution in [0.15, 0.2) is 0 Å². The van der Waals surface area contributed by atoms with Crippen LogP contribution in [0.2, 0.25) is 0 Å². The first-order chi connectivity index (χ1) is 8.27. The van der Waals surface area contributed by atoms with Crippen molar-refractivity contribution in [1.82, 2.24) is 0 Å². The quantitative estimate of drug-likeness (QED) is 0.817. The topological polar surface area (TPSA) is 29.5 Å². The maximum atomic E-state index is 10.3. The van der Waals surface area contributed by atoms with Crippen LogP contribution in [0.4, 0.5) is 0 Å². The van der Waals surface area contributed by atoms with Gasteiger partial charge in [0.15, 0.2) is 0 Å². The van der Waals surface area contributed by atoms with Gasteiger partial charge in [-0.15, -0.1) is 0 Å². The van der Waals surface area contributed by atoms with E-state index >= 15 is 0 Å². The fraction of sp³-hybridized carbons (Fsp3) is 1.00. The molecule has 3 aliphatic rings. The Kier molecular flexibility index (Phi) is 3.45. The number of hydrogen-bond donors (Lipinski definition) is 1. The van der Waals surface area contributed by atoms with E-state index in [9.17, 15) is 5.11 Å². The highest BCUT2D eigenvalue weighted by Crippen LogP contribution is 2.43. The second-order valence-electron chi connectivity index (χ2n) is 6.59. The van der Waals surface area contributed by atoms with Crippen LogP contribution in [-0.2, 0) is 4.74 Å². The van der Waals surface area contributed by atoms with E-state index in [4.69, 9.17) is 4.74 Å². The summed E-state index contributed by atoms with van der Waals surface area (Å²) in [5.41, 5.74) is 0.158. The van der Waals surface area contributed by atoms with Crippen molar-refractivity contribution in [3.63, 3.8) is 0 Å². The maximum Gasteiger partial charge on any atom is 0.0686 e. The number of ether oxygens (including phenoxy) is 1. The van der Waals surface area contributed by atoms with Gasteiger partial charge in [0.25, 0.3) is 0 Å². The summed E-state index contributed by atoms with van der Waals surface area (Å²) in [6.07, 6.45) is 12.4. The van der Waals surface area contributed by atoms with Crippen LogP contribution in [0.1, 0.15) is 64.2 Å². The zero-order valence-corrected chi connectivity index (χ0v) is 10.9. The van der Waals surface area contributed by atoms with Crippen LogP contribution < -0.4 is 0 Å². The molecule has 1 N–H and O–H groups in total. The predicted molar refractivity (Wildman–Crippen MR) is 67.8 cm³/mol. The molecule has 0 amide bonds.